The number of ether oxygens (including phenoxy) is 1. The number of hydrogen-bond donors (Lipinski definition) is 1. The standard InChI is InChI=1S/C16H20N2O2/c1-20-16-14(7-5-10-17-16)13-18(11-6-12-19)15-8-3-2-4-9-15/h2-5,7-10,19H,6,11-13H2,1H3. The van der Waals surface area contributed by atoms with E-state index in [0.717, 1.165) is 24.2 Å². The van der Waals surface area contributed by atoms with Gasteiger partial charge in [0.25, 0.3) is 0 Å². The SMILES string of the molecule is COc1ncccc1CN(CCCO)c1ccccc1. The Bertz CT molecular complexity index is 517. The molecule has 0 aliphatic rings. The molecule has 2 aromatic rings. The monoisotopic (exact) mass is 272 g/mol. The van der Waals surface area contributed by atoms with Crippen molar-refractivity contribution in [1.82, 2.24) is 4.98 Å². The summed E-state index contributed by atoms with van der Waals surface area (Å²) in [6.45, 7) is 1.69. The molecule has 0 aliphatic heterocycles. The van der Waals surface area contributed by atoms with E-state index >= 15 is 0 Å². The van der Waals surface area contributed by atoms with Gasteiger partial charge in [-0.2, -0.15) is 0 Å². The van der Waals surface area contributed by atoms with Crippen LogP contribution in [0.5, 0.6) is 5.88 Å². The van der Waals surface area contributed by atoms with Crippen molar-refractivity contribution in [1.29, 1.82) is 0 Å². The van der Waals surface area contributed by atoms with Crippen molar-refractivity contribution in [2.45, 2.75) is 13.0 Å². The molecule has 1 aromatic heterocycles. The van der Waals surface area contributed by atoms with Gasteiger partial charge in [0.15, 0.2) is 0 Å². The Morgan fingerprint density at radius 3 is 2.65 bits per heavy atom. The second kappa shape index (κ2) is 7.50. The van der Waals surface area contributed by atoms with Crippen LogP contribution in [0.4, 0.5) is 5.69 Å². The first kappa shape index (κ1) is 14.3. The molecule has 0 aliphatic carbocycles. The Morgan fingerprint density at radius 2 is 1.95 bits per heavy atom. The Balaban J connectivity index is 2.19. The summed E-state index contributed by atoms with van der Waals surface area (Å²) >= 11 is 0. The van der Waals surface area contributed by atoms with Crippen LogP contribution in [0.15, 0.2) is 48.7 Å². The van der Waals surface area contributed by atoms with E-state index in [2.05, 4.69) is 22.0 Å². The molecule has 1 aromatic carbocycles. The van der Waals surface area contributed by atoms with Crippen molar-refractivity contribution in [3.8, 4) is 5.88 Å². The molecule has 0 amide bonds. The summed E-state index contributed by atoms with van der Waals surface area (Å²) in [6, 6.07) is 14.1. The van der Waals surface area contributed by atoms with Crippen molar-refractivity contribution in [3.63, 3.8) is 0 Å². The van der Waals surface area contributed by atoms with Crippen LogP contribution in [0.3, 0.4) is 0 Å². The van der Waals surface area contributed by atoms with Gasteiger partial charge in [0, 0.05) is 37.1 Å². The molecule has 2 rings (SSSR count). The summed E-state index contributed by atoms with van der Waals surface area (Å²) in [6.07, 6.45) is 2.46. The molecule has 106 valence electrons. The van der Waals surface area contributed by atoms with Crippen LogP contribution < -0.4 is 9.64 Å². The zero-order valence-electron chi connectivity index (χ0n) is 11.7. The fourth-order valence-electron chi connectivity index (χ4n) is 2.13. The van der Waals surface area contributed by atoms with E-state index in [9.17, 15) is 0 Å². The van der Waals surface area contributed by atoms with Gasteiger partial charge in [-0.1, -0.05) is 24.3 Å². The number of aliphatic hydroxyl groups excluding tert-OH is 1. The highest BCUT2D eigenvalue weighted by atomic mass is 16.5. The average Bonchev–Trinajstić information content (AvgIpc) is 2.52. The molecule has 4 nitrogen and oxygen atoms in total. The van der Waals surface area contributed by atoms with Crippen LogP contribution in [0.1, 0.15) is 12.0 Å². The van der Waals surface area contributed by atoms with Crippen LogP contribution in [-0.4, -0.2) is 30.4 Å². The van der Waals surface area contributed by atoms with Crippen LogP contribution >= 0.6 is 0 Å². The average molecular weight is 272 g/mol. The maximum atomic E-state index is 9.07. The van der Waals surface area contributed by atoms with Gasteiger partial charge >= 0.3 is 0 Å². The summed E-state index contributed by atoms with van der Waals surface area (Å²) < 4.78 is 5.30. The Labute approximate surface area is 119 Å². The van der Waals surface area contributed by atoms with Gasteiger partial charge in [0.1, 0.15) is 0 Å². The molecule has 0 atom stereocenters. The number of aromatic nitrogens is 1. The molecular weight excluding hydrogens is 252 g/mol. The Morgan fingerprint density at radius 1 is 1.15 bits per heavy atom. The third kappa shape index (κ3) is 3.71. The summed E-state index contributed by atoms with van der Waals surface area (Å²) in [7, 11) is 1.63. The third-order valence-corrected chi connectivity index (χ3v) is 3.11. The molecule has 4 heteroatoms. The van der Waals surface area contributed by atoms with E-state index < -0.39 is 0 Å². The molecule has 0 fully saturated rings. The maximum absolute atomic E-state index is 9.07. The second-order valence-corrected chi connectivity index (χ2v) is 4.51. The van der Waals surface area contributed by atoms with Crippen LogP contribution in [0, 0.1) is 0 Å². The van der Waals surface area contributed by atoms with Crippen molar-refractivity contribution in [2.75, 3.05) is 25.2 Å². The van der Waals surface area contributed by atoms with E-state index in [1.807, 2.05) is 30.3 Å². The van der Waals surface area contributed by atoms with Crippen LogP contribution in [-0.2, 0) is 6.54 Å². The minimum atomic E-state index is 0.188. The quantitative estimate of drug-likeness (QED) is 0.841. The highest BCUT2D eigenvalue weighted by Crippen LogP contribution is 2.21. The van der Waals surface area contributed by atoms with Crippen molar-refractivity contribution < 1.29 is 9.84 Å². The third-order valence-electron chi connectivity index (χ3n) is 3.11. The molecule has 0 radical (unpaired) electrons. The molecule has 20 heavy (non-hydrogen) atoms. The molecule has 0 saturated carbocycles. The van der Waals surface area contributed by atoms with Gasteiger partial charge in [0.05, 0.1) is 7.11 Å². The summed E-state index contributed by atoms with van der Waals surface area (Å²) in [5, 5.41) is 9.07. The lowest BCUT2D eigenvalue weighted by atomic mass is 10.2. The second-order valence-electron chi connectivity index (χ2n) is 4.51. The van der Waals surface area contributed by atoms with Crippen molar-refractivity contribution in [2.24, 2.45) is 0 Å². The lowest BCUT2D eigenvalue weighted by Gasteiger charge is -2.25. The van der Waals surface area contributed by atoms with Gasteiger partial charge in [-0.15, -0.1) is 0 Å². The van der Waals surface area contributed by atoms with Gasteiger partial charge in [-0.3, -0.25) is 0 Å². The number of rotatable bonds is 7. The first-order valence-corrected chi connectivity index (χ1v) is 6.74. The molecular formula is C16H20N2O2. The van der Waals surface area contributed by atoms with E-state index in [4.69, 9.17) is 9.84 Å². The van der Waals surface area contributed by atoms with Crippen molar-refractivity contribution >= 4 is 5.69 Å². The summed E-state index contributed by atoms with van der Waals surface area (Å²) in [4.78, 5) is 6.44. The number of aliphatic hydroxyl groups is 1. The predicted molar refractivity (Wildman–Crippen MR) is 80.0 cm³/mol. The van der Waals surface area contributed by atoms with E-state index in [1.54, 1.807) is 13.3 Å². The fraction of sp³-hybridized carbons (Fsp3) is 0.312. The van der Waals surface area contributed by atoms with Gasteiger partial charge in [0.2, 0.25) is 5.88 Å². The van der Waals surface area contributed by atoms with E-state index in [1.165, 1.54) is 0 Å². The summed E-state index contributed by atoms with van der Waals surface area (Å²) in [5.41, 5.74) is 2.17. The zero-order chi connectivity index (χ0) is 14.2. The largest absolute Gasteiger partial charge is 0.481 e. The lowest BCUT2D eigenvalue weighted by Crippen LogP contribution is -2.25. The predicted octanol–water partition coefficient (Wildman–Crippen LogP) is 2.48. The normalized spacial score (nSPS) is 10.3. The topological polar surface area (TPSA) is 45.6 Å². The number of hydrogen-bond acceptors (Lipinski definition) is 4. The van der Waals surface area contributed by atoms with Gasteiger partial charge in [-0.25, -0.2) is 4.98 Å². The van der Waals surface area contributed by atoms with E-state index in [0.29, 0.717) is 12.4 Å². The first-order valence-electron chi connectivity index (χ1n) is 6.74. The Kier molecular flexibility index (Phi) is 5.38. The Hall–Kier alpha value is -2.07. The fourth-order valence-corrected chi connectivity index (χ4v) is 2.13. The van der Waals surface area contributed by atoms with Crippen LogP contribution in [0.25, 0.3) is 0 Å². The molecule has 0 unspecified atom stereocenters. The van der Waals surface area contributed by atoms with Crippen LogP contribution in [0.2, 0.25) is 0 Å². The van der Waals surface area contributed by atoms with Gasteiger partial charge < -0.3 is 14.7 Å². The first-order chi connectivity index (χ1) is 9.85. The molecule has 0 spiro atoms. The molecule has 1 N–H and O–H groups in total. The van der Waals surface area contributed by atoms with E-state index in [-0.39, 0.29) is 6.61 Å². The molecule has 1 heterocycles. The minimum absolute atomic E-state index is 0.188. The zero-order valence-corrected chi connectivity index (χ0v) is 11.7. The maximum Gasteiger partial charge on any atom is 0.218 e. The lowest BCUT2D eigenvalue weighted by molar-refractivity contribution is 0.289. The molecule has 0 saturated heterocycles. The summed E-state index contributed by atoms with van der Waals surface area (Å²) in [5.74, 6) is 0.650. The van der Waals surface area contributed by atoms with Gasteiger partial charge in [-0.05, 0) is 24.6 Å². The number of benzene rings is 1. The van der Waals surface area contributed by atoms with Crippen molar-refractivity contribution in [3.05, 3.63) is 54.2 Å². The smallest absolute Gasteiger partial charge is 0.218 e. The highest BCUT2D eigenvalue weighted by Gasteiger charge is 2.10. The molecule has 0 bridgehead atoms. The number of para-hydroxylation sites is 1. The number of anilines is 1. The minimum Gasteiger partial charge on any atom is -0.481 e. The highest BCUT2D eigenvalue weighted by molar-refractivity contribution is 5.47. The number of nitrogens with zero attached hydrogens (tertiary/aromatic N) is 2. The number of pyridine rings is 1. The number of methoxy groups -OCH3 is 1.